The van der Waals surface area contributed by atoms with Crippen LogP contribution in [0.5, 0.6) is 0 Å². The minimum Gasteiger partial charge on any atom is -0.366 e. The van der Waals surface area contributed by atoms with Gasteiger partial charge in [0.1, 0.15) is 5.82 Å². The summed E-state index contributed by atoms with van der Waals surface area (Å²) in [6.45, 7) is 0.573. The number of benzene rings is 2. The van der Waals surface area contributed by atoms with Crippen LogP contribution in [0.1, 0.15) is 5.56 Å². The largest absolute Gasteiger partial charge is 0.366 e. The lowest BCUT2D eigenvalue weighted by Gasteiger charge is -2.18. The second-order valence-electron chi connectivity index (χ2n) is 5.16. The van der Waals surface area contributed by atoms with E-state index in [0.29, 0.717) is 6.54 Å². The third-order valence-electron chi connectivity index (χ3n) is 3.56. The number of nitrogens with one attached hydrogen (secondary N) is 1. The fourth-order valence-corrected chi connectivity index (χ4v) is 2.45. The lowest BCUT2D eigenvalue weighted by molar-refractivity contribution is 0.720. The zero-order valence-electron chi connectivity index (χ0n) is 11.9. The Morgan fingerprint density at radius 2 is 1.67 bits per heavy atom. The quantitative estimate of drug-likeness (QED) is 0.753. The van der Waals surface area contributed by atoms with Crippen LogP contribution in [0.15, 0.2) is 66.7 Å². The van der Waals surface area contributed by atoms with Crippen molar-refractivity contribution in [1.82, 2.24) is 4.98 Å². The lowest BCUT2D eigenvalue weighted by atomic mass is 10.1. The van der Waals surface area contributed by atoms with Gasteiger partial charge in [0, 0.05) is 18.0 Å². The van der Waals surface area contributed by atoms with Crippen LogP contribution in [0, 0.1) is 0 Å². The van der Waals surface area contributed by atoms with Crippen molar-refractivity contribution in [2.45, 2.75) is 12.5 Å². The number of fused-ring (bicyclic) bond motifs is 1. The minimum atomic E-state index is 0.182. The topological polar surface area (TPSA) is 50.9 Å². The molecule has 3 nitrogen and oxygen atoms in total. The maximum absolute atomic E-state index is 5.89. The zero-order valence-corrected chi connectivity index (χ0v) is 11.9. The number of hydrogen-bond donors (Lipinski definition) is 2. The molecule has 0 aliphatic heterocycles. The SMILES string of the molecule is NCC(Cc1ccccc1)Nc1ccc2ccccc2n1. The summed E-state index contributed by atoms with van der Waals surface area (Å²) in [7, 11) is 0. The Balaban J connectivity index is 1.76. The molecule has 0 aliphatic rings. The molecule has 0 aliphatic carbocycles. The van der Waals surface area contributed by atoms with Crippen LogP contribution in [0.2, 0.25) is 0 Å². The van der Waals surface area contributed by atoms with E-state index in [1.165, 1.54) is 5.56 Å². The molecule has 3 N–H and O–H groups in total. The highest BCUT2D eigenvalue weighted by molar-refractivity contribution is 5.80. The molecule has 1 atom stereocenters. The van der Waals surface area contributed by atoms with E-state index in [4.69, 9.17) is 5.73 Å². The van der Waals surface area contributed by atoms with Gasteiger partial charge in [-0.1, -0.05) is 48.5 Å². The van der Waals surface area contributed by atoms with Gasteiger partial charge >= 0.3 is 0 Å². The Hall–Kier alpha value is -2.39. The summed E-state index contributed by atoms with van der Waals surface area (Å²) < 4.78 is 0. The van der Waals surface area contributed by atoms with Crippen LogP contribution < -0.4 is 11.1 Å². The van der Waals surface area contributed by atoms with Gasteiger partial charge in [-0.3, -0.25) is 0 Å². The molecule has 0 fully saturated rings. The lowest BCUT2D eigenvalue weighted by Crippen LogP contribution is -2.31. The van der Waals surface area contributed by atoms with Gasteiger partial charge in [-0.15, -0.1) is 0 Å². The Morgan fingerprint density at radius 3 is 2.48 bits per heavy atom. The molecular formula is C18H19N3. The van der Waals surface area contributed by atoms with Crippen molar-refractivity contribution in [2.24, 2.45) is 5.73 Å². The van der Waals surface area contributed by atoms with E-state index in [2.05, 4.69) is 46.7 Å². The molecular weight excluding hydrogens is 258 g/mol. The van der Waals surface area contributed by atoms with Gasteiger partial charge in [0.2, 0.25) is 0 Å². The van der Waals surface area contributed by atoms with Gasteiger partial charge in [-0.2, -0.15) is 0 Å². The van der Waals surface area contributed by atoms with E-state index < -0.39 is 0 Å². The number of pyridine rings is 1. The molecule has 0 bridgehead atoms. The van der Waals surface area contributed by atoms with Crippen LogP contribution in [0.25, 0.3) is 10.9 Å². The standard InChI is InChI=1S/C18H19N3/c19-13-16(12-14-6-2-1-3-7-14)20-18-11-10-15-8-4-5-9-17(15)21-18/h1-11,16H,12-13,19H2,(H,20,21). The van der Waals surface area contributed by atoms with Gasteiger partial charge in [0.25, 0.3) is 0 Å². The van der Waals surface area contributed by atoms with Crippen molar-refractivity contribution in [3.8, 4) is 0 Å². The van der Waals surface area contributed by atoms with Gasteiger partial charge < -0.3 is 11.1 Å². The summed E-state index contributed by atoms with van der Waals surface area (Å²) in [5.41, 5.74) is 8.17. The summed E-state index contributed by atoms with van der Waals surface area (Å²) in [5, 5.41) is 4.58. The van der Waals surface area contributed by atoms with Gasteiger partial charge in [0.05, 0.1) is 5.52 Å². The molecule has 3 rings (SSSR count). The fraction of sp³-hybridized carbons (Fsp3) is 0.167. The predicted molar refractivity (Wildman–Crippen MR) is 88.4 cm³/mol. The maximum Gasteiger partial charge on any atom is 0.126 e. The molecule has 0 saturated heterocycles. The summed E-state index contributed by atoms with van der Waals surface area (Å²) >= 11 is 0. The molecule has 0 amide bonds. The Bertz CT molecular complexity index is 710. The first-order valence-corrected chi connectivity index (χ1v) is 7.21. The monoisotopic (exact) mass is 277 g/mol. The van der Waals surface area contributed by atoms with Gasteiger partial charge in [-0.25, -0.2) is 4.98 Å². The highest BCUT2D eigenvalue weighted by Gasteiger charge is 2.08. The molecule has 0 radical (unpaired) electrons. The summed E-state index contributed by atoms with van der Waals surface area (Å²) in [6.07, 6.45) is 0.895. The van der Waals surface area contributed by atoms with E-state index in [9.17, 15) is 0 Å². The third kappa shape index (κ3) is 3.38. The van der Waals surface area contributed by atoms with Crippen molar-refractivity contribution in [3.63, 3.8) is 0 Å². The Labute approximate surface area is 124 Å². The molecule has 0 spiro atoms. The van der Waals surface area contributed by atoms with E-state index in [0.717, 1.165) is 23.1 Å². The average Bonchev–Trinajstić information content (AvgIpc) is 2.55. The highest BCUT2D eigenvalue weighted by atomic mass is 15.0. The number of para-hydroxylation sites is 1. The van der Waals surface area contributed by atoms with Crippen LogP contribution >= 0.6 is 0 Å². The third-order valence-corrected chi connectivity index (χ3v) is 3.56. The van der Waals surface area contributed by atoms with E-state index in [1.807, 2.05) is 30.3 Å². The van der Waals surface area contributed by atoms with Crippen molar-refractivity contribution in [1.29, 1.82) is 0 Å². The molecule has 0 saturated carbocycles. The van der Waals surface area contributed by atoms with Crippen LogP contribution in [-0.2, 0) is 6.42 Å². The molecule has 2 aromatic carbocycles. The zero-order chi connectivity index (χ0) is 14.5. The molecule has 1 aromatic heterocycles. The maximum atomic E-state index is 5.89. The average molecular weight is 277 g/mol. The Kier molecular flexibility index (Phi) is 4.12. The molecule has 21 heavy (non-hydrogen) atoms. The highest BCUT2D eigenvalue weighted by Crippen LogP contribution is 2.16. The van der Waals surface area contributed by atoms with Crippen LogP contribution in [0.3, 0.4) is 0 Å². The Morgan fingerprint density at radius 1 is 0.905 bits per heavy atom. The number of aromatic nitrogens is 1. The van der Waals surface area contributed by atoms with Gasteiger partial charge in [-0.05, 0) is 30.2 Å². The normalized spacial score (nSPS) is 12.2. The van der Waals surface area contributed by atoms with E-state index >= 15 is 0 Å². The van der Waals surface area contributed by atoms with Crippen molar-refractivity contribution < 1.29 is 0 Å². The van der Waals surface area contributed by atoms with Crippen molar-refractivity contribution >= 4 is 16.7 Å². The summed E-state index contributed by atoms with van der Waals surface area (Å²) in [6, 6.07) is 22.8. The van der Waals surface area contributed by atoms with E-state index in [-0.39, 0.29) is 6.04 Å². The molecule has 3 aromatic rings. The molecule has 1 unspecified atom stereocenters. The summed E-state index contributed by atoms with van der Waals surface area (Å²) in [5.74, 6) is 0.875. The van der Waals surface area contributed by atoms with Crippen LogP contribution in [0.4, 0.5) is 5.82 Å². The predicted octanol–water partition coefficient (Wildman–Crippen LogP) is 3.22. The molecule has 106 valence electrons. The number of hydrogen-bond acceptors (Lipinski definition) is 3. The number of anilines is 1. The second kappa shape index (κ2) is 6.37. The van der Waals surface area contributed by atoms with Crippen LogP contribution in [-0.4, -0.2) is 17.6 Å². The molecule has 3 heteroatoms. The van der Waals surface area contributed by atoms with Gasteiger partial charge in [0.15, 0.2) is 0 Å². The first kappa shape index (κ1) is 13.6. The molecule has 1 heterocycles. The minimum absolute atomic E-state index is 0.182. The first-order chi connectivity index (χ1) is 10.3. The number of rotatable bonds is 5. The summed E-state index contributed by atoms with van der Waals surface area (Å²) in [4.78, 5) is 4.64. The smallest absolute Gasteiger partial charge is 0.126 e. The first-order valence-electron chi connectivity index (χ1n) is 7.21. The number of nitrogens with zero attached hydrogens (tertiary/aromatic N) is 1. The second-order valence-corrected chi connectivity index (χ2v) is 5.16. The fourth-order valence-electron chi connectivity index (χ4n) is 2.45. The number of nitrogens with two attached hydrogens (primary N) is 1. The van der Waals surface area contributed by atoms with E-state index in [1.54, 1.807) is 0 Å². The van der Waals surface area contributed by atoms with Crippen molar-refractivity contribution in [3.05, 3.63) is 72.3 Å². The van der Waals surface area contributed by atoms with Crippen molar-refractivity contribution in [2.75, 3.05) is 11.9 Å².